The van der Waals surface area contributed by atoms with E-state index in [1.54, 1.807) is 6.92 Å². The number of ether oxygens (including phenoxy) is 1. The van der Waals surface area contributed by atoms with Gasteiger partial charge in [-0.2, -0.15) is 0 Å². The van der Waals surface area contributed by atoms with Crippen molar-refractivity contribution in [2.45, 2.75) is 39.7 Å². The average Bonchev–Trinajstić information content (AvgIpc) is 2.16. The van der Waals surface area contributed by atoms with Gasteiger partial charge in [0, 0.05) is 19.2 Å². The molecule has 0 heterocycles. The zero-order chi connectivity index (χ0) is 11.7. The molecule has 0 amide bonds. The molecule has 0 saturated carbocycles. The maximum atomic E-state index is 11.0. The second-order valence-electron chi connectivity index (χ2n) is 3.87. The van der Waals surface area contributed by atoms with E-state index in [1.165, 1.54) is 0 Å². The summed E-state index contributed by atoms with van der Waals surface area (Å²) in [7, 11) is 0. The van der Waals surface area contributed by atoms with Crippen LogP contribution in [0.15, 0.2) is 0 Å². The van der Waals surface area contributed by atoms with Gasteiger partial charge in [0.15, 0.2) is 0 Å². The molecule has 90 valence electrons. The number of hydrogen-bond acceptors (Lipinski definition) is 4. The average molecular weight is 217 g/mol. The molecule has 0 aromatic carbocycles. The highest BCUT2D eigenvalue weighted by molar-refractivity contribution is 5.69. The molecule has 0 saturated heterocycles. The Morgan fingerprint density at radius 1 is 1.47 bits per heavy atom. The van der Waals surface area contributed by atoms with Crippen LogP contribution < -0.4 is 5.32 Å². The maximum Gasteiger partial charge on any atom is 0.307 e. The molecule has 4 heteroatoms. The Morgan fingerprint density at radius 3 is 2.60 bits per heavy atom. The zero-order valence-electron chi connectivity index (χ0n) is 9.95. The molecule has 0 aromatic rings. The number of nitrogens with one attached hydrogen (secondary N) is 1. The van der Waals surface area contributed by atoms with Crippen molar-refractivity contribution in [2.75, 3.05) is 19.8 Å². The number of rotatable bonds is 8. The van der Waals surface area contributed by atoms with Gasteiger partial charge in [0.05, 0.1) is 13.0 Å². The van der Waals surface area contributed by atoms with Crippen LogP contribution in [0, 0.1) is 5.92 Å². The summed E-state index contributed by atoms with van der Waals surface area (Å²) in [5, 5.41) is 12.1. The van der Waals surface area contributed by atoms with Crippen molar-refractivity contribution in [3.63, 3.8) is 0 Å². The monoisotopic (exact) mass is 217 g/mol. The summed E-state index contributed by atoms with van der Waals surface area (Å²) < 4.78 is 4.82. The van der Waals surface area contributed by atoms with Gasteiger partial charge in [0.25, 0.3) is 0 Å². The smallest absolute Gasteiger partial charge is 0.307 e. The molecule has 0 bridgehead atoms. The highest BCUT2D eigenvalue weighted by Gasteiger charge is 2.12. The van der Waals surface area contributed by atoms with Crippen molar-refractivity contribution in [1.82, 2.24) is 5.32 Å². The van der Waals surface area contributed by atoms with Crippen molar-refractivity contribution in [1.29, 1.82) is 0 Å². The fraction of sp³-hybridized carbons (Fsp3) is 0.909. The van der Waals surface area contributed by atoms with E-state index in [0.717, 1.165) is 6.42 Å². The normalized spacial score (nSPS) is 12.9. The van der Waals surface area contributed by atoms with Gasteiger partial charge in [-0.3, -0.25) is 4.79 Å². The Bertz CT molecular complexity index is 171. The molecule has 2 N–H and O–H groups in total. The standard InChI is InChI=1S/C11H23NO3/c1-4-15-11(14)5-7-12-10(6-8-13)9(2)3/h9-10,12-13H,4-8H2,1-3H3. The van der Waals surface area contributed by atoms with Crippen LogP contribution in [0.1, 0.15) is 33.6 Å². The number of carbonyl (C=O) groups is 1. The molecule has 0 aliphatic heterocycles. The molecule has 0 aliphatic rings. The Kier molecular flexibility index (Phi) is 8.33. The van der Waals surface area contributed by atoms with E-state index in [0.29, 0.717) is 25.5 Å². The van der Waals surface area contributed by atoms with Crippen molar-refractivity contribution < 1.29 is 14.6 Å². The van der Waals surface area contributed by atoms with Crippen LogP contribution in [-0.2, 0) is 9.53 Å². The van der Waals surface area contributed by atoms with Crippen molar-refractivity contribution >= 4 is 5.97 Å². The van der Waals surface area contributed by atoms with Gasteiger partial charge in [0.1, 0.15) is 0 Å². The Balaban J connectivity index is 3.66. The molecular formula is C11H23NO3. The van der Waals surface area contributed by atoms with Gasteiger partial charge in [-0.15, -0.1) is 0 Å². The Labute approximate surface area is 92.0 Å². The van der Waals surface area contributed by atoms with Crippen molar-refractivity contribution in [2.24, 2.45) is 5.92 Å². The molecular weight excluding hydrogens is 194 g/mol. The molecule has 1 atom stereocenters. The van der Waals surface area contributed by atoms with E-state index in [4.69, 9.17) is 9.84 Å². The summed E-state index contributed by atoms with van der Waals surface area (Å²) in [6.45, 7) is 7.21. The van der Waals surface area contributed by atoms with Crippen LogP contribution in [0.3, 0.4) is 0 Å². The minimum absolute atomic E-state index is 0.170. The van der Waals surface area contributed by atoms with Crippen LogP contribution in [-0.4, -0.2) is 36.9 Å². The van der Waals surface area contributed by atoms with E-state index >= 15 is 0 Å². The molecule has 0 radical (unpaired) electrons. The summed E-state index contributed by atoms with van der Waals surface area (Å²) in [6, 6.07) is 0.268. The predicted molar refractivity (Wildman–Crippen MR) is 59.6 cm³/mol. The fourth-order valence-electron chi connectivity index (χ4n) is 1.40. The number of aliphatic hydroxyl groups excluding tert-OH is 1. The van der Waals surface area contributed by atoms with E-state index < -0.39 is 0 Å². The maximum absolute atomic E-state index is 11.0. The third-order valence-corrected chi connectivity index (χ3v) is 2.29. The molecule has 1 unspecified atom stereocenters. The third-order valence-electron chi connectivity index (χ3n) is 2.29. The lowest BCUT2D eigenvalue weighted by atomic mass is 10.0. The van der Waals surface area contributed by atoms with Crippen LogP contribution in [0.25, 0.3) is 0 Å². The minimum Gasteiger partial charge on any atom is -0.466 e. The van der Waals surface area contributed by atoms with Crippen LogP contribution in [0.5, 0.6) is 0 Å². The van der Waals surface area contributed by atoms with Crippen LogP contribution >= 0.6 is 0 Å². The number of esters is 1. The number of hydrogen-bond donors (Lipinski definition) is 2. The summed E-state index contributed by atoms with van der Waals surface area (Å²) in [5.74, 6) is 0.288. The van der Waals surface area contributed by atoms with Gasteiger partial charge in [-0.1, -0.05) is 13.8 Å². The first-order chi connectivity index (χ1) is 7.11. The van der Waals surface area contributed by atoms with Gasteiger partial charge >= 0.3 is 5.97 Å². The molecule has 0 aromatic heterocycles. The van der Waals surface area contributed by atoms with Gasteiger partial charge < -0.3 is 15.2 Å². The Hall–Kier alpha value is -0.610. The van der Waals surface area contributed by atoms with Crippen molar-refractivity contribution in [3.05, 3.63) is 0 Å². The second-order valence-corrected chi connectivity index (χ2v) is 3.87. The quantitative estimate of drug-likeness (QED) is 0.594. The summed E-state index contributed by atoms with van der Waals surface area (Å²) in [6.07, 6.45) is 1.11. The number of carbonyl (C=O) groups excluding carboxylic acids is 1. The minimum atomic E-state index is -0.170. The largest absolute Gasteiger partial charge is 0.466 e. The van der Waals surface area contributed by atoms with E-state index in [9.17, 15) is 4.79 Å². The van der Waals surface area contributed by atoms with Crippen LogP contribution in [0.2, 0.25) is 0 Å². The molecule has 0 fully saturated rings. The first kappa shape index (κ1) is 14.4. The first-order valence-electron chi connectivity index (χ1n) is 5.61. The highest BCUT2D eigenvalue weighted by atomic mass is 16.5. The van der Waals surface area contributed by atoms with Crippen LogP contribution in [0.4, 0.5) is 0 Å². The van der Waals surface area contributed by atoms with E-state index in [-0.39, 0.29) is 18.6 Å². The SMILES string of the molecule is CCOC(=O)CCNC(CCO)C(C)C. The predicted octanol–water partition coefficient (Wildman–Crippen LogP) is 0.936. The van der Waals surface area contributed by atoms with Gasteiger partial charge in [-0.25, -0.2) is 0 Å². The molecule has 0 aliphatic carbocycles. The zero-order valence-corrected chi connectivity index (χ0v) is 9.95. The third kappa shape index (κ3) is 7.33. The summed E-state index contributed by atoms with van der Waals surface area (Å²) in [5.41, 5.74) is 0. The topological polar surface area (TPSA) is 58.6 Å². The highest BCUT2D eigenvalue weighted by Crippen LogP contribution is 2.05. The molecule has 15 heavy (non-hydrogen) atoms. The molecule has 0 spiro atoms. The first-order valence-corrected chi connectivity index (χ1v) is 5.61. The summed E-state index contributed by atoms with van der Waals surface area (Å²) in [4.78, 5) is 11.0. The van der Waals surface area contributed by atoms with Gasteiger partial charge in [-0.05, 0) is 19.3 Å². The Morgan fingerprint density at radius 2 is 2.13 bits per heavy atom. The van der Waals surface area contributed by atoms with Gasteiger partial charge in [0.2, 0.25) is 0 Å². The van der Waals surface area contributed by atoms with E-state index in [2.05, 4.69) is 19.2 Å². The lowest BCUT2D eigenvalue weighted by Gasteiger charge is -2.21. The van der Waals surface area contributed by atoms with Crippen molar-refractivity contribution in [3.8, 4) is 0 Å². The fourth-order valence-corrected chi connectivity index (χ4v) is 1.40. The molecule has 0 rings (SSSR count). The number of aliphatic hydroxyl groups is 1. The second kappa shape index (κ2) is 8.68. The molecule has 4 nitrogen and oxygen atoms in total. The lowest BCUT2D eigenvalue weighted by molar-refractivity contribution is -0.143. The lowest BCUT2D eigenvalue weighted by Crippen LogP contribution is -2.36. The summed E-state index contributed by atoms with van der Waals surface area (Å²) >= 11 is 0. The van der Waals surface area contributed by atoms with E-state index in [1.807, 2.05) is 0 Å².